The van der Waals surface area contributed by atoms with Crippen LogP contribution in [0, 0.1) is 5.92 Å². The Kier molecular flexibility index (Phi) is 5.82. The van der Waals surface area contributed by atoms with E-state index in [4.69, 9.17) is 0 Å². The van der Waals surface area contributed by atoms with Gasteiger partial charge in [0.25, 0.3) is 5.91 Å². The molecule has 3 amide bonds. The van der Waals surface area contributed by atoms with Crippen LogP contribution in [0.1, 0.15) is 49.5 Å². The highest BCUT2D eigenvalue weighted by atomic mass is 16.2. The summed E-state index contributed by atoms with van der Waals surface area (Å²) in [5.74, 6) is -0.250. The zero-order valence-electron chi connectivity index (χ0n) is 16.5. The molecule has 0 unspecified atom stereocenters. The van der Waals surface area contributed by atoms with Crippen LogP contribution in [0.3, 0.4) is 0 Å². The van der Waals surface area contributed by atoms with Gasteiger partial charge in [0.05, 0.1) is 0 Å². The fourth-order valence-corrected chi connectivity index (χ4v) is 3.86. The van der Waals surface area contributed by atoms with E-state index in [0.29, 0.717) is 31.1 Å². The van der Waals surface area contributed by atoms with Crippen LogP contribution < -0.4 is 0 Å². The summed E-state index contributed by atoms with van der Waals surface area (Å²) < 4.78 is 0. The summed E-state index contributed by atoms with van der Waals surface area (Å²) in [6.07, 6.45) is 2.24. The molecule has 3 rings (SSSR count). The number of amides is 3. The predicted octanol–water partition coefficient (Wildman–Crippen LogP) is 2.14. The first kappa shape index (κ1) is 19.4. The second kappa shape index (κ2) is 8.11. The summed E-state index contributed by atoms with van der Waals surface area (Å²) in [5, 5.41) is 0. The number of piperidine rings is 1. The van der Waals surface area contributed by atoms with Crippen molar-refractivity contribution in [3.63, 3.8) is 0 Å². The minimum Gasteiger partial charge on any atom is -0.338 e. The molecule has 27 heavy (non-hydrogen) atoms. The van der Waals surface area contributed by atoms with Crippen LogP contribution in [0.4, 0.5) is 0 Å². The minimum absolute atomic E-state index is 0.0337. The fraction of sp³-hybridized carbons (Fsp3) is 0.571. The van der Waals surface area contributed by atoms with E-state index in [-0.39, 0.29) is 11.9 Å². The summed E-state index contributed by atoms with van der Waals surface area (Å²) in [5.41, 5.74) is 1.61. The molecule has 6 nitrogen and oxygen atoms in total. The number of hydrogen-bond donors (Lipinski definition) is 0. The molecule has 2 aliphatic heterocycles. The van der Waals surface area contributed by atoms with Crippen molar-refractivity contribution in [1.29, 1.82) is 0 Å². The fourth-order valence-electron chi connectivity index (χ4n) is 3.86. The molecule has 2 aliphatic rings. The normalized spacial score (nSPS) is 21.2. The summed E-state index contributed by atoms with van der Waals surface area (Å²) in [4.78, 5) is 42.3. The molecule has 0 radical (unpaired) electrons. The maximum atomic E-state index is 12.7. The van der Waals surface area contributed by atoms with E-state index >= 15 is 0 Å². The second-order valence-electron chi connectivity index (χ2n) is 8.01. The molecule has 2 fully saturated rings. The van der Waals surface area contributed by atoms with Crippen LogP contribution in [0.2, 0.25) is 0 Å². The van der Waals surface area contributed by atoms with Crippen molar-refractivity contribution in [3.05, 3.63) is 35.4 Å². The Bertz CT molecular complexity index is 714. The first-order valence-corrected chi connectivity index (χ1v) is 9.85. The molecule has 0 bridgehead atoms. The lowest BCUT2D eigenvalue weighted by Gasteiger charge is -2.36. The maximum absolute atomic E-state index is 12.7. The monoisotopic (exact) mass is 371 g/mol. The standard InChI is InChI=1S/C21H29N3O3/c1-15(2)24-12-11-23(20(26)21(24)27)14-17-6-8-18(9-7-17)19(25)22-10-4-5-16(3)13-22/h6-9,15-16H,4-5,10-14H2,1-3H3/t16-/m0/s1. The van der Waals surface area contributed by atoms with Gasteiger partial charge in [0, 0.05) is 44.3 Å². The van der Waals surface area contributed by atoms with Crippen LogP contribution in [0.25, 0.3) is 0 Å². The Labute approximate surface area is 161 Å². The number of rotatable bonds is 4. The van der Waals surface area contributed by atoms with E-state index in [1.54, 1.807) is 9.80 Å². The molecule has 1 atom stereocenters. The summed E-state index contributed by atoms with van der Waals surface area (Å²) in [6.45, 7) is 9.14. The molecule has 2 heterocycles. The maximum Gasteiger partial charge on any atom is 0.312 e. The molecular formula is C21H29N3O3. The van der Waals surface area contributed by atoms with Crippen LogP contribution in [0.15, 0.2) is 24.3 Å². The van der Waals surface area contributed by atoms with Gasteiger partial charge in [-0.25, -0.2) is 0 Å². The molecule has 2 saturated heterocycles. The lowest BCUT2D eigenvalue weighted by atomic mass is 9.99. The molecule has 0 spiro atoms. The Morgan fingerprint density at radius 1 is 1.07 bits per heavy atom. The number of carbonyl (C=O) groups excluding carboxylic acids is 3. The summed E-state index contributed by atoms with van der Waals surface area (Å²) >= 11 is 0. The van der Waals surface area contributed by atoms with E-state index in [2.05, 4.69) is 6.92 Å². The predicted molar refractivity (Wildman–Crippen MR) is 103 cm³/mol. The third kappa shape index (κ3) is 4.31. The van der Waals surface area contributed by atoms with E-state index in [0.717, 1.165) is 25.1 Å². The van der Waals surface area contributed by atoms with Crippen molar-refractivity contribution in [2.75, 3.05) is 26.2 Å². The van der Waals surface area contributed by atoms with Crippen LogP contribution >= 0.6 is 0 Å². The van der Waals surface area contributed by atoms with Crippen molar-refractivity contribution in [2.45, 2.75) is 46.2 Å². The Balaban J connectivity index is 1.62. The van der Waals surface area contributed by atoms with Crippen molar-refractivity contribution >= 4 is 17.7 Å². The molecule has 146 valence electrons. The molecular weight excluding hydrogens is 342 g/mol. The van der Waals surface area contributed by atoms with Crippen LogP contribution in [-0.4, -0.2) is 64.6 Å². The van der Waals surface area contributed by atoms with E-state index in [1.807, 2.05) is 43.0 Å². The third-order valence-corrected chi connectivity index (χ3v) is 5.48. The quantitative estimate of drug-likeness (QED) is 0.762. The van der Waals surface area contributed by atoms with Gasteiger partial charge >= 0.3 is 11.8 Å². The first-order chi connectivity index (χ1) is 12.9. The number of benzene rings is 1. The van der Waals surface area contributed by atoms with Crippen LogP contribution in [-0.2, 0) is 16.1 Å². The molecule has 0 N–H and O–H groups in total. The van der Waals surface area contributed by atoms with Gasteiger partial charge in [0.2, 0.25) is 0 Å². The second-order valence-corrected chi connectivity index (χ2v) is 8.01. The van der Waals surface area contributed by atoms with Crippen molar-refractivity contribution in [3.8, 4) is 0 Å². The third-order valence-electron chi connectivity index (χ3n) is 5.48. The molecule has 0 aromatic heterocycles. The zero-order valence-corrected chi connectivity index (χ0v) is 16.5. The first-order valence-electron chi connectivity index (χ1n) is 9.85. The van der Waals surface area contributed by atoms with Crippen molar-refractivity contribution < 1.29 is 14.4 Å². The van der Waals surface area contributed by atoms with E-state index in [1.165, 1.54) is 6.42 Å². The largest absolute Gasteiger partial charge is 0.338 e. The number of nitrogens with zero attached hydrogens (tertiary/aromatic N) is 3. The lowest BCUT2D eigenvalue weighted by molar-refractivity contribution is -0.157. The average Bonchev–Trinajstić information content (AvgIpc) is 2.65. The Morgan fingerprint density at radius 3 is 2.41 bits per heavy atom. The van der Waals surface area contributed by atoms with Gasteiger partial charge in [-0.05, 0) is 50.3 Å². The Morgan fingerprint density at radius 2 is 1.78 bits per heavy atom. The highest BCUT2D eigenvalue weighted by molar-refractivity contribution is 6.35. The van der Waals surface area contributed by atoms with Gasteiger partial charge < -0.3 is 14.7 Å². The lowest BCUT2D eigenvalue weighted by Crippen LogP contribution is -2.55. The smallest absolute Gasteiger partial charge is 0.312 e. The minimum atomic E-state index is -0.447. The molecule has 0 saturated carbocycles. The topological polar surface area (TPSA) is 60.9 Å². The zero-order chi connectivity index (χ0) is 19.6. The van der Waals surface area contributed by atoms with E-state index in [9.17, 15) is 14.4 Å². The number of carbonyl (C=O) groups is 3. The molecule has 0 aliphatic carbocycles. The van der Waals surface area contributed by atoms with Gasteiger partial charge in [-0.3, -0.25) is 14.4 Å². The Hall–Kier alpha value is -2.37. The van der Waals surface area contributed by atoms with Gasteiger partial charge in [0.15, 0.2) is 0 Å². The van der Waals surface area contributed by atoms with Crippen LogP contribution in [0.5, 0.6) is 0 Å². The SMILES string of the molecule is CC(C)N1CCN(Cc2ccc(C(=O)N3CCC[C@H](C)C3)cc2)C(=O)C1=O. The molecule has 1 aromatic carbocycles. The summed E-state index contributed by atoms with van der Waals surface area (Å²) in [7, 11) is 0. The van der Waals surface area contributed by atoms with Gasteiger partial charge in [-0.1, -0.05) is 19.1 Å². The number of likely N-dealkylation sites (tertiary alicyclic amines) is 1. The van der Waals surface area contributed by atoms with E-state index < -0.39 is 11.8 Å². The highest BCUT2D eigenvalue weighted by Gasteiger charge is 2.33. The van der Waals surface area contributed by atoms with Crippen molar-refractivity contribution in [2.24, 2.45) is 5.92 Å². The van der Waals surface area contributed by atoms with Gasteiger partial charge in [-0.2, -0.15) is 0 Å². The number of piperazine rings is 1. The molecule has 1 aromatic rings. The van der Waals surface area contributed by atoms with Crippen molar-refractivity contribution in [1.82, 2.24) is 14.7 Å². The van der Waals surface area contributed by atoms with Gasteiger partial charge in [-0.15, -0.1) is 0 Å². The highest BCUT2D eigenvalue weighted by Crippen LogP contribution is 2.19. The van der Waals surface area contributed by atoms with Gasteiger partial charge in [0.1, 0.15) is 0 Å². The molecule has 6 heteroatoms. The summed E-state index contributed by atoms with van der Waals surface area (Å²) in [6, 6.07) is 7.45. The number of hydrogen-bond acceptors (Lipinski definition) is 3. The average molecular weight is 371 g/mol.